The Kier molecular flexibility index (Phi) is 4.01. The summed E-state index contributed by atoms with van der Waals surface area (Å²) >= 11 is 4.71. The third-order valence-electron chi connectivity index (χ3n) is 3.52. The maximum Gasteiger partial charge on any atom is 0.150 e. The Balaban J connectivity index is 2.29. The first-order chi connectivity index (χ1) is 8.90. The van der Waals surface area contributed by atoms with E-state index in [1.165, 1.54) is 0 Å². The molecular formula is C13H16F2N2OS. The summed E-state index contributed by atoms with van der Waals surface area (Å²) in [5, 5.41) is 9.52. The van der Waals surface area contributed by atoms with Crippen LogP contribution in [0.15, 0.2) is 12.1 Å². The third-order valence-corrected chi connectivity index (χ3v) is 3.76. The van der Waals surface area contributed by atoms with Crippen molar-refractivity contribution in [2.75, 3.05) is 18.0 Å². The molecular weight excluding hydrogens is 270 g/mol. The van der Waals surface area contributed by atoms with Gasteiger partial charge in [-0.3, -0.25) is 0 Å². The highest BCUT2D eigenvalue weighted by molar-refractivity contribution is 7.80. The van der Waals surface area contributed by atoms with Crippen molar-refractivity contribution in [1.82, 2.24) is 0 Å². The summed E-state index contributed by atoms with van der Waals surface area (Å²) in [5.41, 5.74) is 5.48. The number of thiocarbonyl (C=S) groups is 1. The number of aliphatic hydroxyl groups is 1. The SMILES string of the molecule is CC(O)C1CCN(c2c(F)cc(C(N)=S)cc2F)C1. The lowest BCUT2D eigenvalue weighted by molar-refractivity contribution is 0.136. The van der Waals surface area contributed by atoms with Crippen LogP contribution in [0, 0.1) is 17.6 Å². The van der Waals surface area contributed by atoms with Gasteiger partial charge >= 0.3 is 0 Å². The van der Waals surface area contributed by atoms with Gasteiger partial charge in [0.1, 0.15) is 22.3 Å². The average molecular weight is 286 g/mol. The Morgan fingerprint density at radius 3 is 2.47 bits per heavy atom. The van der Waals surface area contributed by atoms with Crippen LogP contribution in [-0.2, 0) is 0 Å². The molecule has 2 unspecified atom stereocenters. The van der Waals surface area contributed by atoms with Crippen LogP contribution in [-0.4, -0.2) is 29.3 Å². The predicted molar refractivity (Wildman–Crippen MR) is 74.2 cm³/mol. The van der Waals surface area contributed by atoms with E-state index in [4.69, 9.17) is 18.0 Å². The second-order valence-electron chi connectivity index (χ2n) is 4.89. The summed E-state index contributed by atoms with van der Waals surface area (Å²) in [7, 11) is 0. The Morgan fingerprint density at radius 1 is 1.47 bits per heavy atom. The van der Waals surface area contributed by atoms with Gasteiger partial charge in [-0.05, 0) is 25.5 Å². The number of nitrogens with zero attached hydrogens (tertiary/aromatic N) is 1. The van der Waals surface area contributed by atoms with Gasteiger partial charge < -0.3 is 15.7 Å². The lowest BCUT2D eigenvalue weighted by Crippen LogP contribution is -2.26. The topological polar surface area (TPSA) is 49.5 Å². The first-order valence-electron chi connectivity index (χ1n) is 6.12. The van der Waals surface area contributed by atoms with Crippen molar-refractivity contribution >= 4 is 22.9 Å². The van der Waals surface area contributed by atoms with Crippen molar-refractivity contribution in [2.24, 2.45) is 11.7 Å². The number of nitrogens with two attached hydrogens (primary N) is 1. The molecule has 0 aromatic heterocycles. The fraction of sp³-hybridized carbons (Fsp3) is 0.462. The van der Waals surface area contributed by atoms with Crippen molar-refractivity contribution < 1.29 is 13.9 Å². The third kappa shape index (κ3) is 2.84. The Morgan fingerprint density at radius 2 is 2.05 bits per heavy atom. The van der Waals surface area contributed by atoms with E-state index in [0.717, 1.165) is 12.1 Å². The van der Waals surface area contributed by atoms with Crippen LogP contribution in [0.5, 0.6) is 0 Å². The lowest BCUT2D eigenvalue weighted by atomic mass is 10.0. The molecule has 0 radical (unpaired) electrons. The van der Waals surface area contributed by atoms with Crippen LogP contribution in [0.1, 0.15) is 18.9 Å². The Bertz CT molecular complexity index is 484. The van der Waals surface area contributed by atoms with Crippen molar-refractivity contribution in [1.29, 1.82) is 0 Å². The molecule has 1 aromatic rings. The van der Waals surface area contributed by atoms with Crippen LogP contribution < -0.4 is 10.6 Å². The quantitative estimate of drug-likeness (QED) is 0.832. The number of rotatable bonds is 3. The zero-order valence-electron chi connectivity index (χ0n) is 10.6. The largest absolute Gasteiger partial charge is 0.393 e. The van der Waals surface area contributed by atoms with E-state index in [-0.39, 0.29) is 22.2 Å². The van der Waals surface area contributed by atoms with E-state index in [9.17, 15) is 13.9 Å². The molecule has 0 saturated carbocycles. The summed E-state index contributed by atoms with van der Waals surface area (Å²) < 4.78 is 28.0. The van der Waals surface area contributed by atoms with E-state index >= 15 is 0 Å². The molecule has 1 aliphatic rings. The first kappa shape index (κ1) is 14.1. The normalized spacial score (nSPS) is 20.6. The minimum absolute atomic E-state index is 0.0346. The molecule has 0 spiro atoms. The molecule has 0 bridgehead atoms. The number of hydrogen-bond acceptors (Lipinski definition) is 3. The molecule has 1 heterocycles. The van der Waals surface area contributed by atoms with E-state index in [2.05, 4.69) is 0 Å². The van der Waals surface area contributed by atoms with Crippen molar-refractivity contribution in [3.63, 3.8) is 0 Å². The Labute approximate surface area is 116 Å². The van der Waals surface area contributed by atoms with Gasteiger partial charge in [-0.2, -0.15) is 0 Å². The van der Waals surface area contributed by atoms with Crippen LogP contribution in [0.3, 0.4) is 0 Å². The number of anilines is 1. The van der Waals surface area contributed by atoms with Gasteiger partial charge in [0.05, 0.1) is 6.10 Å². The maximum atomic E-state index is 14.0. The lowest BCUT2D eigenvalue weighted by Gasteiger charge is -2.21. The molecule has 1 aliphatic heterocycles. The standard InChI is InChI=1S/C13H16F2N2OS/c1-7(18)8-2-3-17(6-8)12-10(14)4-9(13(16)19)5-11(12)15/h4-5,7-8,18H,2-3,6H2,1H3,(H2,16,19). The summed E-state index contributed by atoms with van der Waals surface area (Å²) in [6.45, 7) is 2.66. The summed E-state index contributed by atoms with van der Waals surface area (Å²) in [5.74, 6) is -1.31. The van der Waals surface area contributed by atoms with Gasteiger partial charge in [-0.25, -0.2) is 8.78 Å². The average Bonchev–Trinajstić information content (AvgIpc) is 2.77. The number of halogens is 2. The molecule has 0 aliphatic carbocycles. The van der Waals surface area contributed by atoms with Crippen LogP contribution in [0.25, 0.3) is 0 Å². The highest BCUT2D eigenvalue weighted by atomic mass is 32.1. The van der Waals surface area contributed by atoms with E-state index < -0.39 is 17.7 Å². The van der Waals surface area contributed by atoms with Crippen LogP contribution >= 0.6 is 12.2 Å². The first-order valence-corrected chi connectivity index (χ1v) is 6.53. The van der Waals surface area contributed by atoms with Crippen LogP contribution in [0.2, 0.25) is 0 Å². The van der Waals surface area contributed by atoms with Crippen molar-refractivity contribution in [3.05, 3.63) is 29.3 Å². The fourth-order valence-corrected chi connectivity index (χ4v) is 2.51. The summed E-state index contributed by atoms with van der Waals surface area (Å²) in [6, 6.07) is 2.30. The number of aliphatic hydroxyl groups excluding tert-OH is 1. The zero-order chi connectivity index (χ0) is 14.2. The molecule has 19 heavy (non-hydrogen) atoms. The van der Waals surface area contributed by atoms with E-state index in [1.54, 1.807) is 11.8 Å². The van der Waals surface area contributed by atoms with Gasteiger partial charge in [-0.1, -0.05) is 12.2 Å². The monoisotopic (exact) mass is 286 g/mol. The second-order valence-corrected chi connectivity index (χ2v) is 5.33. The smallest absolute Gasteiger partial charge is 0.150 e. The summed E-state index contributed by atoms with van der Waals surface area (Å²) in [4.78, 5) is 1.58. The predicted octanol–water partition coefficient (Wildman–Crippen LogP) is 1.81. The minimum Gasteiger partial charge on any atom is -0.393 e. The molecule has 1 fully saturated rings. The van der Waals surface area contributed by atoms with Crippen LogP contribution in [0.4, 0.5) is 14.5 Å². The molecule has 1 aromatic carbocycles. The molecule has 2 atom stereocenters. The minimum atomic E-state index is -0.672. The van der Waals surface area contributed by atoms with Crippen molar-refractivity contribution in [3.8, 4) is 0 Å². The van der Waals surface area contributed by atoms with Gasteiger partial charge in [0, 0.05) is 24.6 Å². The molecule has 2 rings (SSSR count). The van der Waals surface area contributed by atoms with Gasteiger partial charge in [-0.15, -0.1) is 0 Å². The van der Waals surface area contributed by atoms with Gasteiger partial charge in [0.2, 0.25) is 0 Å². The van der Waals surface area contributed by atoms with E-state index in [1.807, 2.05) is 0 Å². The summed E-state index contributed by atoms with van der Waals surface area (Å²) in [6.07, 6.45) is 0.236. The number of hydrogen-bond donors (Lipinski definition) is 2. The highest BCUT2D eigenvalue weighted by Crippen LogP contribution is 2.31. The van der Waals surface area contributed by atoms with Gasteiger partial charge in [0.25, 0.3) is 0 Å². The molecule has 1 saturated heterocycles. The second kappa shape index (κ2) is 5.38. The van der Waals surface area contributed by atoms with E-state index in [0.29, 0.717) is 19.5 Å². The zero-order valence-corrected chi connectivity index (χ0v) is 11.4. The van der Waals surface area contributed by atoms with Crippen molar-refractivity contribution in [2.45, 2.75) is 19.4 Å². The van der Waals surface area contributed by atoms with Gasteiger partial charge in [0.15, 0.2) is 0 Å². The molecule has 0 amide bonds. The molecule has 3 nitrogen and oxygen atoms in total. The fourth-order valence-electron chi connectivity index (χ4n) is 2.39. The molecule has 104 valence electrons. The number of benzene rings is 1. The molecule has 6 heteroatoms. The highest BCUT2D eigenvalue weighted by Gasteiger charge is 2.29. The molecule has 3 N–H and O–H groups in total. The maximum absolute atomic E-state index is 14.0. The Hall–Kier alpha value is -1.27.